The van der Waals surface area contributed by atoms with Gasteiger partial charge in [0.05, 0.1) is 11.9 Å². The molecule has 1 N–H and O–H groups in total. The number of nitrogens with one attached hydrogen (secondary N) is 1. The van der Waals surface area contributed by atoms with Crippen LogP contribution in [0.5, 0.6) is 0 Å². The highest BCUT2D eigenvalue weighted by Crippen LogP contribution is 2.24. The lowest BCUT2D eigenvalue weighted by Gasteiger charge is -2.34. The number of sulfonamides is 1. The van der Waals surface area contributed by atoms with Crippen molar-refractivity contribution in [3.8, 4) is 0 Å². The van der Waals surface area contributed by atoms with Crippen LogP contribution in [0.3, 0.4) is 0 Å². The molecule has 0 saturated carbocycles. The highest BCUT2D eigenvalue weighted by Gasteiger charge is 2.32. The zero-order valence-corrected chi connectivity index (χ0v) is 26.0. The fourth-order valence-corrected chi connectivity index (χ4v) is 5.90. The summed E-state index contributed by atoms with van der Waals surface area (Å²) in [5, 5.41) is 3.59. The van der Waals surface area contributed by atoms with Crippen molar-refractivity contribution in [3.05, 3.63) is 101 Å². The molecule has 3 rings (SSSR count). The van der Waals surface area contributed by atoms with Crippen molar-refractivity contribution in [1.82, 2.24) is 10.2 Å². The zero-order valence-electron chi connectivity index (χ0n) is 24.4. The largest absolute Gasteiger partial charge is 0.350 e. The van der Waals surface area contributed by atoms with Gasteiger partial charge in [0.2, 0.25) is 21.8 Å². The zero-order chi connectivity index (χ0) is 30.2. The molecule has 41 heavy (non-hydrogen) atoms. The van der Waals surface area contributed by atoms with Crippen LogP contribution in [0.15, 0.2) is 78.9 Å². The summed E-state index contributed by atoms with van der Waals surface area (Å²) in [6.45, 7) is 7.88. The fourth-order valence-electron chi connectivity index (χ4n) is 4.66. The Morgan fingerprint density at radius 3 is 2.17 bits per heavy atom. The summed E-state index contributed by atoms with van der Waals surface area (Å²) in [4.78, 5) is 29.2. The van der Waals surface area contributed by atoms with Gasteiger partial charge in [-0.05, 0) is 69.0 Å². The summed E-state index contributed by atoms with van der Waals surface area (Å²) in [6.07, 6.45) is 1.84. The minimum atomic E-state index is -3.57. The van der Waals surface area contributed by atoms with E-state index in [1.54, 1.807) is 29.2 Å². The number of aryl methyl sites for hydroxylation is 1. The van der Waals surface area contributed by atoms with Crippen molar-refractivity contribution < 1.29 is 18.0 Å². The predicted molar refractivity (Wildman–Crippen MR) is 166 cm³/mol. The third-order valence-electron chi connectivity index (χ3n) is 6.55. The second-order valence-corrected chi connectivity index (χ2v) is 13.7. The number of carbonyl (C=O) groups excluding carboxylic acids is 2. The number of hydrogen-bond donors (Lipinski definition) is 1. The van der Waals surface area contributed by atoms with Crippen LogP contribution in [0.4, 0.5) is 5.69 Å². The molecule has 2 amide bonds. The Bertz CT molecular complexity index is 1440. The van der Waals surface area contributed by atoms with Gasteiger partial charge in [-0.25, -0.2) is 8.42 Å². The Labute approximate surface area is 249 Å². The van der Waals surface area contributed by atoms with Crippen molar-refractivity contribution in [2.75, 3.05) is 17.1 Å². The van der Waals surface area contributed by atoms with Crippen LogP contribution in [0, 0.1) is 6.92 Å². The monoisotopic (exact) mass is 597 g/mol. The number of amides is 2. The molecule has 0 heterocycles. The maximum absolute atomic E-state index is 13.9. The molecule has 3 aromatic carbocycles. The van der Waals surface area contributed by atoms with Gasteiger partial charge in [-0.2, -0.15) is 0 Å². The molecular formula is C32H40ClN3O4S. The molecule has 0 unspecified atom stereocenters. The van der Waals surface area contributed by atoms with E-state index < -0.39 is 21.6 Å². The molecule has 0 spiro atoms. The van der Waals surface area contributed by atoms with E-state index in [9.17, 15) is 18.0 Å². The van der Waals surface area contributed by atoms with Gasteiger partial charge in [0.15, 0.2) is 0 Å². The van der Waals surface area contributed by atoms with E-state index in [0.29, 0.717) is 17.1 Å². The summed E-state index contributed by atoms with van der Waals surface area (Å²) in [5.41, 5.74) is 2.64. The molecule has 0 aromatic heterocycles. The Morgan fingerprint density at radius 1 is 0.927 bits per heavy atom. The molecule has 7 nitrogen and oxygen atoms in total. The average Bonchev–Trinajstić information content (AvgIpc) is 2.88. The maximum Gasteiger partial charge on any atom is 0.243 e. The highest BCUT2D eigenvalue weighted by molar-refractivity contribution is 7.92. The van der Waals surface area contributed by atoms with Gasteiger partial charge in [0.1, 0.15) is 6.04 Å². The molecule has 0 fully saturated rings. The molecule has 0 aliphatic rings. The molecule has 220 valence electrons. The number of benzene rings is 3. The van der Waals surface area contributed by atoms with Crippen LogP contribution in [0.2, 0.25) is 5.02 Å². The molecular weight excluding hydrogens is 558 g/mol. The van der Waals surface area contributed by atoms with Crippen molar-refractivity contribution in [3.63, 3.8) is 0 Å². The highest BCUT2D eigenvalue weighted by atomic mass is 35.5. The van der Waals surface area contributed by atoms with Gasteiger partial charge in [-0.15, -0.1) is 0 Å². The van der Waals surface area contributed by atoms with Crippen molar-refractivity contribution >= 4 is 39.1 Å². The van der Waals surface area contributed by atoms with Crippen molar-refractivity contribution in [2.24, 2.45) is 0 Å². The average molecular weight is 598 g/mol. The number of rotatable bonds is 12. The molecule has 0 radical (unpaired) electrons. The minimum absolute atomic E-state index is 0.0621. The van der Waals surface area contributed by atoms with E-state index in [-0.39, 0.29) is 37.7 Å². The van der Waals surface area contributed by atoms with Crippen LogP contribution in [0.1, 0.15) is 50.3 Å². The molecule has 0 bridgehead atoms. The summed E-state index contributed by atoms with van der Waals surface area (Å²) >= 11 is 6.25. The summed E-state index contributed by atoms with van der Waals surface area (Å²) in [5.74, 6) is -0.498. The van der Waals surface area contributed by atoms with Crippen LogP contribution >= 0.6 is 11.6 Å². The number of para-hydroxylation sites is 1. The standard InChI is InChI=1S/C32H40ClN3O4S/c1-24-13-9-10-18-28(24)36(41(5,39)40)20-12-19-30(37)35(23-26-16-11-17-27(33)21-26)29(31(38)34-32(2,3)4)22-25-14-7-6-8-15-25/h6-11,13-18,21,29H,12,19-20,22-23H2,1-5H3,(H,34,38)/t29-/m0/s1. The van der Waals surface area contributed by atoms with E-state index in [4.69, 9.17) is 11.6 Å². The van der Waals surface area contributed by atoms with Crippen molar-refractivity contribution in [1.29, 1.82) is 0 Å². The molecule has 0 aliphatic carbocycles. The first-order valence-corrected chi connectivity index (χ1v) is 15.9. The van der Waals surface area contributed by atoms with E-state index in [0.717, 1.165) is 16.7 Å². The lowest BCUT2D eigenvalue weighted by atomic mass is 10.00. The summed E-state index contributed by atoms with van der Waals surface area (Å²) in [7, 11) is -3.57. The number of halogens is 1. The molecule has 0 saturated heterocycles. The first-order chi connectivity index (χ1) is 19.2. The fraction of sp³-hybridized carbons (Fsp3) is 0.375. The SMILES string of the molecule is Cc1ccccc1N(CCCC(=O)N(Cc1cccc(Cl)c1)[C@@H](Cc1ccccc1)C(=O)NC(C)(C)C)S(C)(=O)=O. The summed E-state index contributed by atoms with van der Waals surface area (Å²) in [6, 6.07) is 23.3. The topological polar surface area (TPSA) is 86.8 Å². The minimum Gasteiger partial charge on any atom is -0.350 e. The molecule has 3 aromatic rings. The number of hydrogen-bond acceptors (Lipinski definition) is 4. The second kappa shape index (κ2) is 14.0. The van der Waals surface area contributed by atoms with E-state index in [2.05, 4.69) is 5.32 Å². The Hall–Kier alpha value is -3.36. The summed E-state index contributed by atoms with van der Waals surface area (Å²) < 4.78 is 26.7. The molecule has 0 aliphatic heterocycles. The smallest absolute Gasteiger partial charge is 0.243 e. The second-order valence-electron chi connectivity index (χ2n) is 11.3. The Morgan fingerprint density at radius 2 is 1.56 bits per heavy atom. The van der Waals surface area contributed by atoms with Gasteiger partial charge in [-0.1, -0.05) is 72.3 Å². The Balaban J connectivity index is 1.91. The van der Waals surface area contributed by atoms with Crippen molar-refractivity contribution in [2.45, 2.75) is 65.1 Å². The third-order valence-corrected chi connectivity index (χ3v) is 7.96. The van der Waals surface area contributed by atoms with Crippen LogP contribution in [-0.2, 0) is 32.6 Å². The lowest BCUT2D eigenvalue weighted by Crippen LogP contribution is -2.54. The quantitative estimate of drug-likeness (QED) is 0.288. The van der Waals surface area contributed by atoms with Crippen LogP contribution in [-0.4, -0.2) is 49.5 Å². The first kappa shape index (κ1) is 32.2. The number of carbonyl (C=O) groups is 2. The van der Waals surface area contributed by atoms with Gasteiger partial charge in [0, 0.05) is 36.5 Å². The van der Waals surface area contributed by atoms with E-state index in [1.807, 2.05) is 82.3 Å². The molecule has 9 heteroatoms. The van der Waals surface area contributed by atoms with Gasteiger partial charge >= 0.3 is 0 Å². The van der Waals surface area contributed by atoms with Gasteiger partial charge in [-0.3, -0.25) is 13.9 Å². The van der Waals surface area contributed by atoms with Gasteiger partial charge < -0.3 is 10.2 Å². The Kier molecular flexibility index (Phi) is 11.0. The van der Waals surface area contributed by atoms with Gasteiger partial charge in [0.25, 0.3) is 0 Å². The molecule has 1 atom stereocenters. The number of nitrogens with zero attached hydrogens (tertiary/aromatic N) is 2. The maximum atomic E-state index is 13.9. The third kappa shape index (κ3) is 9.90. The van der Waals surface area contributed by atoms with E-state index in [1.165, 1.54) is 10.6 Å². The van der Waals surface area contributed by atoms with Crippen LogP contribution < -0.4 is 9.62 Å². The first-order valence-electron chi connectivity index (χ1n) is 13.7. The predicted octanol–water partition coefficient (Wildman–Crippen LogP) is 5.75. The number of anilines is 1. The normalized spacial score (nSPS) is 12.4. The van der Waals surface area contributed by atoms with E-state index >= 15 is 0 Å². The van der Waals surface area contributed by atoms with Crippen LogP contribution in [0.25, 0.3) is 0 Å². The lowest BCUT2D eigenvalue weighted by molar-refractivity contribution is -0.142.